The second kappa shape index (κ2) is 9.20. The van der Waals surface area contributed by atoms with Crippen LogP contribution in [0.4, 0.5) is 5.69 Å². The smallest absolute Gasteiger partial charge is 0.335 e. The van der Waals surface area contributed by atoms with Gasteiger partial charge in [-0.05, 0) is 42.3 Å². The topological polar surface area (TPSA) is 77.0 Å². The van der Waals surface area contributed by atoms with E-state index in [2.05, 4.69) is 5.32 Å². The summed E-state index contributed by atoms with van der Waals surface area (Å²) >= 11 is 6.32. The van der Waals surface area contributed by atoms with Crippen LogP contribution in [0.5, 0.6) is 17.2 Å². The highest BCUT2D eigenvalue weighted by Crippen LogP contribution is 2.37. The number of halogens is 1. The molecule has 2 rings (SSSR count). The molecular formula is C19H22ClNO5. The van der Waals surface area contributed by atoms with Gasteiger partial charge < -0.3 is 24.6 Å². The van der Waals surface area contributed by atoms with Gasteiger partial charge in [-0.25, -0.2) is 4.79 Å². The maximum atomic E-state index is 11.2. The Balaban J connectivity index is 2.23. The van der Waals surface area contributed by atoms with Crippen LogP contribution >= 0.6 is 11.6 Å². The van der Waals surface area contributed by atoms with Crippen LogP contribution in [0.3, 0.4) is 0 Å². The summed E-state index contributed by atoms with van der Waals surface area (Å²) in [4.78, 5) is 11.2. The first-order valence-electron chi connectivity index (χ1n) is 8.14. The zero-order valence-electron chi connectivity index (χ0n) is 15.0. The molecule has 26 heavy (non-hydrogen) atoms. The largest absolute Gasteiger partial charge is 0.495 e. The Bertz CT molecular complexity index is 779. The van der Waals surface area contributed by atoms with E-state index in [4.69, 9.17) is 30.9 Å². The van der Waals surface area contributed by atoms with E-state index in [0.29, 0.717) is 41.1 Å². The Kier molecular flexibility index (Phi) is 6.97. The van der Waals surface area contributed by atoms with E-state index >= 15 is 0 Å². The van der Waals surface area contributed by atoms with Crippen LogP contribution in [-0.4, -0.2) is 31.9 Å². The van der Waals surface area contributed by atoms with Gasteiger partial charge in [-0.15, -0.1) is 0 Å². The lowest BCUT2D eigenvalue weighted by Crippen LogP contribution is -2.05. The molecular weight excluding hydrogens is 358 g/mol. The van der Waals surface area contributed by atoms with Gasteiger partial charge >= 0.3 is 5.97 Å². The summed E-state index contributed by atoms with van der Waals surface area (Å²) in [6.45, 7) is 2.97. The molecule has 0 radical (unpaired) electrons. The van der Waals surface area contributed by atoms with Crippen molar-refractivity contribution in [3.63, 3.8) is 0 Å². The van der Waals surface area contributed by atoms with Crippen molar-refractivity contribution in [3.05, 3.63) is 46.5 Å². The molecule has 140 valence electrons. The maximum Gasteiger partial charge on any atom is 0.335 e. The van der Waals surface area contributed by atoms with E-state index in [1.54, 1.807) is 19.2 Å². The van der Waals surface area contributed by atoms with Crippen molar-refractivity contribution in [1.82, 2.24) is 0 Å². The normalized spacial score (nSPS) is 10.3. The van der Waals surface area contributed by atoms with E-state index < -0.39 is 5.97 Å². The number of carbonyl (C=O) groups is 1. The third-order valence-electron chi connectivity index (χ3n) is 3.67. The zero-order chi connectivity index (χ0) is 19.1. The number of hydrogen-bond acceptors (Lipinski definition) is 5. The highest BCUT2D eigenvalue weighted by molar-refractivity contribution is 6.32. The van der Waals surface area contributed by atoms with Crippen LogP contribution in [0.1, 0.15) is 29.3 Å². The predicted octanol–water partition coefficient (Wildman–Crippen LogP) is 4.46. The van der Waals surface area contributed by atoms with Crippen LogP contribution in [0.25, 0.3) is 0 Å². The fourth-order valence-corrected chi connectivity index (χ4v) is 2.68. The van der Waals surface area contributed by atoms with E-state index in [9.17, 15) is 4.79 Å². The highest BCUT2D eigenvalue weighted by atomic mass is 35.5. The van der Waals surface area contributed by atoms with Crippen LogP contribution in [0.15, 0.2) is 30.3 Å². The summed E-state index contributed by atoms with van der Waals surface area (Å²) in [6, 6.07) is 8.25. The van der Waals surface area contributed by atoms with Crippen LogP contribution < -0.4 is 19.5 Å². The molecule has 0 atom stereocenters. The average Bonchev–Trinajstić information content (AvgIpc) is 2.64. The minimum atomic E-state index is -1.00. The minimum absolute atomic E-state index is 0.173. The van der Waals surface area contributed by atoms with Crippen molar-refractivity contribution in [3.8, 4) is 17.2 Å². The van der Waals surface area contributed by atoms with Crippen molar-refractivity contribution in [1.29, 1.82) is 0 Å². The second-order valence-corrected chi connectivity index (χ2v) is 5.94. The first kappa shape index (κ1) is 19.7. The number of nitrogens with one attached hydrogen (secondary N) is 1. The van der Waals surface area contributed by atoms with Gasteiger partial charge in [0, 0.05) is 6.54 Å². The van der Waals surface area contributed by atoms with Crippen molar-refractivity contribution in [2.24, 2.45) is 0 Å². The summed E-state index contributed by atoms with van der Waals surface area (Å²) in [5, 5.41) is 12.8. The van der Waals surface area contributed by atoms with Gasteiger partial charge in [-0.2, -0.15) is 0 Å². The van der Waals surface area contributed by atoms with Gasteiger partial charge in [0.15, 0.2) is 11.5 Å². The molecule has 0 unspecified atom stereocenters. The van der Waals surface area contributed by atoms with Gasteiger partial charge in [0.1, 0.15) is 5.75 Å². The lowest BCUT2D eigenvalue weighted by Gasteiger charge is -2.15. The Morgan fingerprint density at radius 2 is 1.88 bits per heavy atom. The maximum absolute atomic E-state index is 11.2. The number of aromatic carboxylic acids is 1. The molecule has 0 heterocycles. The minimum Gasteiger partial charge on any atom is -0.495 e. The Labute approximate surface area is 157 Å². The number of carboxylic acid groups (broad SMARTS) is 1. The number of benzene rings is 2. The standard InChI is InChI=1S/C19H22ClNO5/c1-4-7-26-18-14(20)8-12(9-17(18)25-3)11-21-15-10-13(19(22)23)5-6-16(15)24-2/h5-6,8-10,21H,4,7,11H2,1-3H3,(H,22,23). The summed E-state index contributed by atoms with van der Waals surface area (Å²) in [7, 11) is 3.09. The van der Waals surface area contributed by atoms with Crippen LogP contribution in [0, 0.1) is 0 Å². The predicted molar refractivity (Wildman–Crippen MR) is 101 cm³/mol. The fourth-order valence-electron chi connectivity index (χ4n) is 2.40. The molecule has 2 aromatic rings. The molecule has 0 aliphatic heterocycles. The molecule has 0 aliphatic carbocycles. The SMILES string of the molecule is CCCOc1c(Cl)cc(CNc2cc(C(=O)O)ccc2OC)cc1OC. The van der Waals surface area contributed by atoms with E-state index in [0.717, 1.165) is 12.0 Å². The fraction of sp³-hybridized carbons (Fsp3) is 0.316. The number of rotatable bonds is 9. The molecule has 6 nitrogen and oxygen atoms in total. The lowest BCUT2D eigenvalue weighted by atomic mass is 10.1. The Hall–Kier alpha value is -2.60. The molecule has 0 bridgehead atoms. The highest BCUT2D eigenvalue weighted by Gasteiger charge is 2.13. The molecule has 0 aromatic heterocycles. The molecule has 0 fully saturated rings. The first-order valence-corrected chi connectivity index (χ1v) is 8.52. The van der Waals surface area contributed by atoms with E-state index in [-0.39, 0.29) is 5.56 Å². The summed E-state index contributed by atoms with van der Waals surface area (Å²) in [5.74, 6) is 0.619. The van der Waals surface area contributed by atoms with Crippen molar-refractivity contribution in [2.45, 2.75) is 19.9 Å². The molecule has 2 aromatic carbocycles. The summed E-state index contributed by atoms with van der Waals surface area (Å²) in [6.07, 6.45) is 0.864. The molecule has 2 N–H and O–H groups in total. The number of carboxylic acids is 1. The molecule has 0 amide bonds. The second-order valence-electron chi connectivity index (χ2n) is 5.53. The van der Waals surface area contributed by atoms with Gasteiger partial charge in [0.2, 0.25) is 0 Å². The molecule has 0 spiro atoms. The first-order chi connectivity index (χ1) is 12.5. The van der Waals surface area contributed by atoms with Gasteiger partial charge in [-0.3, -0.25) is 0 Å². The molecule has 7 heteroatoms. The summed E-state index contributed by atoms with van der Waals surface area (Å²) in [5.41, 5.74) is 1.61. The average molecular weight is 380 g/mol. The van der Waals surface area contributed by atoms with E-state index in [1.807, 2.05) is 13.0 Å². The van der Waals surface area contributed by atoms with Gasteiger partial charge in [0.05, 0.1) is 37.1 Å². The van der Waals surface area contributed by atoms with Crippen molar-refractivity contribution < 1.29 is 24.1 Å². The number of hydrogen-bond donors (Lipinski definition) is 2. The zero-order valence-corrected chi connectivity index (χ0v) is 15.7. The van der Waals surface area contributed by atoms with Crippen LogP contribution in [-0.2, 0) is 6.54 Å². The molecule has 0 saturated carbocycles. The van der Waals surface area contributed by atoms with Crippen molar-refractivity contribution >= 4 is 23.3 Å². The molecule has 0 saturated heterocycles. The quantitative estimate of drug-likeness (QED) is 0.670. The number of ether oxygens (including phenoxy) is 3. The van der Waals surface area contributed by atoms with E-state index in [1.165, 1.54) is 19.2 Å². The van der Waals surface area contributed by atoms with Crippen molar-refractivity contribution in [2.75, 3.05) is 26.1 Å². The lowest BCUT2D eigenvalue weighted by molar-refractivity contribution is 0.0697. The van der Waals surface area contributed by atoms with Crippen LogP contribution in [0.2, 0.25) is 5.02 Å². The van der Waals surface area contributed by atoms with Gasteiger partial charge in [-0.1, -0.05) is 18.5 Å². The van der Waals surface area contributed by atoms with Gasteiger partial charge in [0.25, 0.3) is 0 Å². The third-order valence-corrected chi connectivity index (χ3v) is 3.95. The monoisotopic (exact) mass is 379 g/mol. The number of anilines is 1. The number of methoxy groups -OCH3 is 2. The Morgan fingerprint density at radius 1 is 1.15 bits per heavy atom. The Morgan fingerprint density at radius 3 is 2.50 bits per heavy atom. The summed E-state index contributed by atoms with van der Waals surface area (Å²) < 4.78 is 16.3. The molecule has 0 aliphatic rings. The third kappa shape index (κ3) is 4.73.